The van der Waals surface area contributed by atoms with Gasteiger partial charge in [-0.05, 0) is 10.8 Å². The molecule has 2 aromatic carbocycles. The van der Waals surface area contributed by atoms with E-state index in [1.165, 1.54) is 18.2 Å². The van der Waals surface area contributed by atoms with Gasteiger partial charge in [0.25, 0.3) is 5.60 Å². The van der Waals surface area contributed by atoms with Crippen molar-refractivity contribution in [2.45, 2.75) is 18.0 Å². The van der Waals surface area contributed by atoms with E-state index in [9.17, 15) is 36.2 Å². The summed E-state index contributed by atoms with van der Waals surface area (Å²) in [6.07, 6.45) is -12.2. The van der Waals surface area contributed by atoms with Crippen LogP contribution in [0, 0.1) is 0 Å². The lowest BCUT2D eigenvalue weighted by Gasteiger charge is -2.34. The zero-order chi connectivity index (χ0) is 17.6. The Morgan fingerprint density at radius 3 is 1.91 bits per heavy atom. The molecule has 0 unspecified atom stereocenters. The first-order valence-electron chi connectivity index (χ1n) is 6.09. The molecule has 0 heterocycles. The van der Waals surface area contributed by atoms with Gasteiger partial charge in [0.2, 0.25) is 5.91 Å². The Bertz CT molecular complexity index is 752. The van der Waals surface area contributed by atoms with E-state index in [-0.39, 0.29) is 10.8 Å². The zero-order valence-corrected chi connectivity index (χ0v) is 11.2. The van der Waals surface area contributed by atoms with Gasteiger partial charge in [0.1, 0.15) is 0 Å². The van der Waals surface area contributed by atoms with Gasteiger partial charge in [-0.3, -0.25) is 4.79 Å². The number of fused-ring (bicyclic) bond motifs is 1. The minimum atomic E-state index is -6.10. The summed E-state index contributed by atoms with van der Waals surface area (Å²) in [7, 11) is 0. The molecule has 2 aromatic rings. The largest absolute Gasteiger partial charge is 0.430 e. The Kier molecular flexibility index (Phi) is 3.80. The molecule has 0 atom stereocenters. The number of benzene rings is 2. The molecule has 0 radical (unpaired) electrons. The molecule has 124 valence electrons. The van der Waals surface area contributed by atoms with Crippen molar-refractivity contribution in [3.8, 4) is 0 Å². The Labute approximate surface area is 125 Å². The highest BCUT2D eigenvalue weighted by Crippen LogP contribution is 2.51. The molecule has 0 spiro atoms. The number of halogens is 6. The van der Waals surface area contributed by atoms with Crippen LogP contribution in [0.3, 0.4) is 0 Å². The molecule has 3 N–H and O–H groups in total. The lowest BCUT2D eigenvalue weighted by atomic mass is 9.85. The summed E-state index contributed by atoms with van der Waals surface area (Å²) in [5.74, 6) is -1.51. The van der Waals surface area contributed by atoms with Gasteiger partial charge in [-0.25, -0.2) is 0 Å². The number of aliphatic hydroxyl groups is 1. The molecular weight excluding hydrogens is 328 g/mol. The van der Waals surface area contributed by atoms with Crippen molar-refractivity contribution in [3.05, 3.63) is 47.5 Å². The number of primary amides is 1. The van der Waals surface area contributed by atoms with Crippen molar-refractivity contribution in [3.63, 3.8) is 0 Å². The maximum absolute atomic E-state index is 13.0. The third-order valence-corrected chi connectivity index (χ3v) is 3.39. The third kappa shape index (κ3) is 2.50. The van der Waals surface area contributed by atoms with Gasteiger partial charge < -0.3 is 10.8 Å². The number of amides is 1. The second-order valence-electron chi connectivity index (χ2n) is 4.78. The monoisotopic (exact) mass is 337 g/mol. The van der Waals surface area contributed by atoms with Crippen LogP contribution in [0.25, 0.3) is 10.8 Å². The molecule has 0 aromatic heterocycles. The number of hydrogen-bond donors (Lipinski definition) is 2. The summed E-state index contributed by atoms with van der Waals surface area (Å²) >= 11 is 0. The van der Waals surface area contributed by atoms with Crippen LogP contribution >= 0.6 is 0 Å². The molecule has 2 rings (SSSR count). The molecule has 1 amide bonds. The maximum Gasteiger partial charge on any atom is 0.430 e. The van der Waals surface area contributed by atoms with E-state index in [4.69, 9.17) is 5.73 Å². The standard InChI is InChI=1S/C14H9F6NO2/c15-13(16,17)12(23,14(18,19)20)9-6-5-7-3-1-2-4-8(7)10(9)11(21)22/h1-6,23H,(H2,21,22). The van der Waals surface area contributed by atoms with E-state index in [2.05, 4.69) is 0 Å². The van der Waals surface area contributed by atoms with E-state index in [1.807, 2.05) is 0 Å². The Balaban J connectivity index is 2.96. The molecule has 0 bridgehead atoms. The average Bonchev–Trinajstić information content (AvgIpc) is 2.42. The summed E-state index contributed by atoms with van der Waals surface area (Å²) in [5.41, 5.74) is -2.91. The third-order valence-electron chi connectivity index (χ3n) is 3.39. The minimum Gasteiger partial charge on any atom is -0.369 e. The molecule has 0 fully saturated rings. The van der Waals surface area contributed by atoms with Gasteiger partial charge in [-0.2, -0.15) is 26.3 Å². The molecule has 0 aliphatic rings. The van der Waals surface area contributed by atoms with Crippen LogP contribution in [0.15, 0.2) is 36.4 Å². The summed E-state index contributed by atoms with van der Waals surface area (Å²) in [6.45, 7) is 0. The second-order valence-corrected chi connectivity index (χ2v) is 4.78. The van der Waals surface area contributed by atoms with Crippen LogP contribution in [0.4, 0.5) is 26.3 Å². The van der Waals surface area contributed by atoms with Gasteiger partial charge in [0, 0.05) is 5.56 Å². The Morgan fingerprint density at radius 2 is 1.43 bits per heavy atom. The number of carbonyl (C=O) groups is 1. The van der Waals surface area contributed by atoms with Crippen molar-refractivity contribution < 1.29 is 36.2 Å². The van der Waals surface area contributed by atoms with Crippen molar-refractivity contribution >= 4 is 16.7 Å². The Morgan fingerprint density at radius 1 is 0.913 bits per heavy atom. The first kappa shape index (κ1) is 17.1. The quantitative estimate of drug-likeness (QED) is 0.827. The number of alkyl halides is 6. The summed E-state index contributed by atoms with van der Waals surface area (Å²) in [4.78, 5) is 11.5. The van der Waals surface area contributed by atoms with Gasteiger partial charge in [-0.15, -0.1) is 0 Å². The second kappa shape index (κ2) is 5.12. The summed E-state index contributed by atoms with van der Waals surface area (Å²) < 4.78 is 78.0. The summed E-state index contributed by atoms with van der Waals surface area (Å²) in [5, 5.41) is 9.47. The number of hydrogen-bond acceptors (Lipinski definition) is 2. The Hall–Kier alpha value is -2.29. The van der Waals surface area contributed by atoms with Crippen molar-refractivity contribution in [2.24, 2.45) is 5.73 Å². The first-order chi connectivity index (χ1) is 10.4. The van der Waals surface area contributed by atoms with E-state index in [1.54, 1.807) is 0 Å². The molecular formula is C14H9F6NO2. The minimum absolute atomic E-state index is 0.205. The van der Waals surface area contributed by atoms with Crippen LogP contribution in [0.1, 0.15) is 15.9 Å². The van der Waals surface area contributed by atoms with Gasteiger partial charge in [0.15, 0.2) is 0 Å². The van der Waals surface area contributed by atoms with Crippen LogP contribution in [-0.2, 0) is 5.60 Å². The van der Waals surface area contributed by atoms with Gasteiger partial charge in [0.05, 0.1) is 5.56 Å². The van der Waals surface area contributed by atoms with Crippen molar-refractivity contribution in [1.29, 1.82) is 0 Å². The predicted molar refractivity (Wildman–Crippen MR) is 68.5 cm³/mol. The highest BCUT2D eigenvalue weighted by molar-refractivity contribution is 6.08. The molecule has 9 heteroatoms. The SMILES string of the molecule is NC(=O)c1c(C(O)(C(F)(F)F)C(F)(F)F)ccc2ccccc12. The number of nitrogens with two attached hydrogens (primary N) is 1. The lowest BCUT2D eigenvalue weighted by Crippen LogP contribution is -2.54. The number of carbonyl (C=O) groups excluding carboxylic acids is 1. The van der Waals surface area contributed by atoms with E-state index >= 15 is 0 Å². The molecule has 0 aliphatic heterocycles. The highest BCUT2D eigenvalue weighted by Gasteiger charge is 2.72. The molecule has 0 saturated carbocycles. The fourth-order valence-corrected chi connectivity index (χ4v) is 2.30. The fourth-order valence-electron chi connectivity index (χ4n) is 2.30. The van der Waals surface area contributed by atoms with Gasteiger partial charge in [-0.1, -0.05) is 36.4 Å². The highest BCUT2D eigenvalue weighted by atomic mass is 19.4. The van der Waals surface area contributed by atoms with Crippen LogP contribution in [-0.4, -0.2) is 23.4 Å². The molecule has 3 nitrogen and oxygen atoms in total. The fraction of sp³-hybridized carbons (Fsp3) is 0.214. The van der Waals surface area contributed by atoms with E-state index in [0.717, 1.165) is 12.1 Å². The van der Waals surface area contributed by atoms with E-state index < -0.39 is 35.0 Å². The number of rotatable bonds is 2. The van der Waals surface area contributed by atoms with Crippen LogP contribution < -0.4 is 5.73 Å². The van der Waals surface area contributed by atoms with Crippen LogP contribution in [0.5, 0.6) is 0 Å². The average molecular weight is 337 g/mol. The lowest BCUT2D eigenvalue weighted by molar-refractivity contribution is -0.376. The zero-order valence-electron chi connectivity index (χ0n) is 11.2. The smallest absolute Gasteiger partial charge is 0.369 e. The molecule has 23 heavy (non-hydrogen) atoms. The maximum atomic E-state index is 13.0. The topological polar surface area (TPSA) is 63.3 Å². The first-order valence-corrected chi connectivity index (χ1v) is 6.09. The van der Waals surface area contributed by atoms with Crippen molar-refractivity contribution in [1.82, 2.24) is 0 Å². The van der Waals surface area contributed by atoms with Crippen LogP contribution in [0.2, 0.25) is 0 Å². The van der Waals surface area contributed by atoms with Crippen molar-refractivity contribution in [2.75, 3.05) is 0 Å². The van der Waals surface area contributed by atoms with Gasteiger partial charge >= 0.3 is 12.4 Å². The normalized spacial score (nSPS) is 13.3. The molecule has 0 aliphatic carbocycles. The molecule has 0 saturated heterocycles. The van der Waals surface area contributed by atoms with E-state index in [0.29, 0.717) is 6.07 Å². The predicted octanol–water partition coefficient (Wildman–Crippen LogP) is 3.25. The summed E-state index contributed by atoms with van der Waals surface area (Å²) in [6, 6.07) is 6.67.